The molecule has 0 aliphatic heterocycles. The largest absolute Gasteiger partial charge is 0.494 e. The highest BCUT2D eigenvalue weighted by Gasteiger charge is 2.13. The molecular formula is C25H26ClNO6. The van der Waals surface area contributed by atoms with Crippen molar-refractivity contribution in [2.75, 3.05) is 20.3 Å². The third kappa shape index (κ3) is 7.55. The molecule has 33 heavy (non-hydrogen) atoms. The lowest BCUT2D eigenvalue weighted by Crippen LogP contribution is -2.10. The van der Waals surface area contributed by atoms with Gasteiger partial charge in [-0.05, 0) is 74.2 Å². The van der Waals surface area contributed by atoms with Gasteiger partial charge in [-0.2, -0.15) is 5.26 Å². The van der Waals surface area contributed by atoms with Gasteiger partial charge in [-0.3, -0.25) is 4.79 Å². The number of nitriles is 1. The molecule has 0 fully saturated rings. The van der Waals surface area contributed by atoms with Gasteiger partial charge < -0.3 is 18.9 Å². The molecule has 0 N–H and O–H groups in total. The van der Waals surface area contributed by atoms with E-state index < -0.39 is 11.9 Å². The van der Waals surface area contributed by atoms with E-state index >= 15 is 0 Å². The van der Waals surface area contributed by atoms with Crippen LogP contribution in [0.4, 0.5) is 0 Å². The maximum absolute atomic E-state index is 12.2. The Morgan fingerprint density at radius 3 is 2.42 bits per heavy atom. The Morgan fingerprint density at radius 1 is 1.12 bits per heavy atom. The molecule has 0 saturated carbocycles. The van der Waals surface area contributed by atoms with Gasteiger partial charge >= 0.3 is 11.9 Å². The van der Waals surface area contributed by atoms with Crippen molar-refractivity contribution in [1.29, 1.82) is 5.26 Å². The van der Waals surface area contributed by atoms with Crippen molar-refractivity contribution < 1.29 is 28.5 Å². The third-order valence-corrected chi connectivity index (χ3v) is 5.14. The number of rotatable bonds is 10. The van der Waals surface area contributed by atoms with Gasteiger partial charge in [-0.1, -0.05) is 17.7 Å². The molecule has 8 heteroatoms. The highest BCUT2D eigenvalue weighted by molar-refractivity contribution is 6.32. The fourth-order valence-corrected chi connectivity index (χ4v) is 3.05. The molecule has 0 atom stereocenters. The lowest BCUT2D eigenvalue weighted by molar-refractivity contribution is -0.138. The number of esters is 2. The average molecular weight is 472 g/mol. The number of ether oxygens (including phenoxy) is 4. The minimum Gasteiger partial charge on any atom is -0.494 e. The Morgan fingerprint density at radius 2 is 1.82 bits per heavy atom. The normalized spacial score (nSPS) is 10.8. The van der Waals surface area contributed by atoms with Gasteiger partial charge in [0.2, 0.25) is 0 Å². The van der Waals surface area contributed by atoms with Crippen LogP contribution < -0.4 is 14.2 Å². The zero-order valence-corrected chi connectivity index (χ0v) is 19.8. The predicted molar refractivity (Wildman–Crippen MR) is 125 cm³/mol. The first-order chi connectivity index (χ1) is 15.8. The van der Waals surface area contributed by atoms with Crippen LogP contribution in [0.2, 0.25) is 5.02 Å². The van der Waals surface area contributed by atoms with E-state index in [1.54, 1.807) is 25.1 Å². The minimum absolute atomic E-state index is 0.144. The van der Waals surface area contributed by atoms with Crippen LogP contribution >= 0.6 is 11.6 Å². The SMILES string of the molecule is CCOC(=O)/C(C#N)=C/c1ccc(OC(=O)CCCOc2cc(C)c(Cl)c(C)c2)c(OC)c1. The Bertz CT molecular complexity index is 1060. The van der Waals surface area contributed by atoms with Crippen LogP contribution in [0.3, 0.4) is 0 Å². The topological polar surface area (TPSA) is 94.9 Å². The lowest BCUT2D eigenvalue weighted by Gasteiger charge is -2.11. The van der Waals surface area contributed by atoms with E-state index in [9.17, 15) is 9.59 Å². The Hall–Kier alpha value is -3.50. The first-order valence-electron chi connectivity index (χ1n) is 10.4. The molecule has 0 spiro atoms. The van der Waals surface area contributed by atoms with Crippen LogP contribution in [0, 0.1) is 25.2 Å². The molecule has 0 heterocycles. The Kier molecular flexibility index (Phi) is 9.77. The number of methoxy groups -OCH3 is 1. The van der Waals surface area contributed by atoms with Gasteiger partial charge in [-0.25, -0.2) is 4.79 Å². The summed E-state index contributed by atoms with van der Waals surface area (Å²) >= 11 is 6.16. The summed E-state index contributed by atoms with van der Waals surface area (Å²) in [7, 11) is 1.43. The van der Waals surface area contributed by atoms with Crippen LogP contribution in [0.5, 0.6) is 17.2 Å². The molecule has 0 radical (unpaired) electrons. The zero-order valence-electron chi connectivity index (χ0n) is 19.1. The molecule has 7 nitrogen and oxygen atoms in total. The van der Waals surface area contributed by atoms with E-state index in [0.29, 0.717) is 35.1 Å². The number of carbonyl (C=O) groups is 2. The average Bonchev–Trinajstić information content (AvgIpc) is 2.79. The summed E-state index contributed by atoms with van der Waals surface area (Å²) in [5.74, 6) is 0.0851. The van der Waals surface area contributed by atoms with E-state index in [-0.39, 0.29) is 24.4 Å². The van der Waals surface area contributed by atoms with E-state index in [2.05, 4.69) is 0 Å². The van der Waals surface area contributed by atoms with Crippen LogP contribution in [0.1, 0.15) is 36.5 Å². The van der Waals surface area contributed by atoms with Crippen molar-refractivity contribution in [1.82, 2.24) is 0 Å². The number of hydrogen-bond acceptors (Lipinski definition) is 7. The van der Waals surface area contributed by atoms with Gasteiger partial charge in [0.15, 0.2) is 11.5 Å². The quantitative estimate of drug-likeness (QED) is 0.154. The predicted octanol–water partition coefficient (Wildman–Crippen LogP) is 5.20. The Balaban J connectivity index is 1.95. The van der Waals surface area contributed by atoms with Crippen molar-refractivity contribution in [3.8, 4) is 23.3 Å². The first kappa shape index (κ1) is 25.8. The summed E-state index contributed by atoms with van der Waals surface area (Å²) in [5.41, 5.74) is 2.24. The van der Waals surface area contributed by atoms with Crippen molar-refractivity contribution >= 4 is 29.6 Å². The monoisotopic (exact) mass is 471 g/mol. The molecule has 0 aromatic heterocycles. The summed E-state index contributed by atoms with van der Waals surface area (Å²) < 4.78 is 21.2. The molecule has 2 rings (SSSR count). The number of nitrogens with zero attached hydrogens (tertiary/aromatic N) is 1. The summed E-state index contributed by atoms with van der Waals surface area (Å²) in [6, 6.07) is 10.2. The highest BCUT2D eigenvalue weighted by atomic mass is 35.5. The standard InChI is InChI=1S/C25H26ClNO6/c1-5-31-25(29)19(15-27)13-18-8-9-21(22(14-18)30-4)33-23(28)7-6-10-32-20-11-16(2)24(26)17(3)12-20/h8-9,11-14H,5-7,10H2,1-4H3/b19-13+. The van der Waals surface area contributed by atoms with Crippen molar-refractivity contribution in [3.05, 3.63) is 57.6 Å². The van der Waals surface area contributed by atoms with Gasteiger partial charge in [0, 0.05) is 11.4 Å². The maximum atomic E-state index is 12.2. The van der Waals surface area contributed by atoms with Gasteiger partial charge in [0.1, 0.15) is 17.4 Å². The van der Waals surface area contributed by atoms with Crippen LogP contribution in [-0.2, 0) is 14.3 Å². The molecular weight excluding hydrogens is 446 g/mol. The number of aryl methyl sites for hydroxylation is 2. The third-order valence-electron chi connectivity index (χ3n) is 4.54. The van der Waals surface area contributed by atoms with Crippen LogP contribution in [0.25, 0.3) is 6.08 Å². The molecule has 174 valence electrons. The second kappa shape index (κ2) is 12.5. The van der Waals surface area contributed by atoms with E-state index in [4.69, 9.17) is 35.8 Å². The molecule has 0 bridgehead atoms. The van der Waals surface area contributed by atoms with Gasteiger partial charge in [0.25, 0.3) is 0 Å². The van der Waals surface area contributed by atoms with E-state index in [1.165, 1.54) is 13.2 Å². The summed E-state index contributed by atoms with van der Waals surface area (Å²) in [4.78, 5) is 24.0. The summed E-state index contributed by atoms with van der Waals surface area (Å²) in [6.07, 6.45) is 2.00. The van der Waals surface area contributed by atoms with E-state index in [0.717, 1.165) is 11.1 Å². The number of hydrogen-bond donors (Lipinski definition) is 0. The smallest absolute Gasteiger partial charge is 0.348 e. The van der Waals surface area contributed by atoms with Gasteiger partial charge in [0.05, 0.1) is 20.3 Å². The zero-order chi connectivity index (χ0) is 24.4. The van der Waals surface area contributed by atoms with Crippen molar-refractivity contribution in [3.63, 3.8) is 0 Å². The van der Waals surface area contributed by atoms with Gasteiger partial charge in [-0.15, -0.1) is 0 Å². The first-order valence-corrected chi connectivity index (χ1v) is 10.7. The second-order valence-corrected chi connectivity index (χ2v) is 7.48. The summed E-state index contributed by atoms with van der Waals surface area (Å²) in [6.45, 7) is 5.99. The van der Waals surface area contributed by atoms with Crippen LogP contribution in [0.15, 0.2) is 35.9 Å². The number of benzene rings is 2. The fourth-order valence-electron chi connectivity index (χ4n) is 2.94. The highest BCUT2D eigenvalue weighted by Crippen LogP contribution is 2.30. The molecule has 0 aliphatic rings. The molecule has 0 aliphatic carbocycles. The molecule has 0 amide bonds. The lowest BCUT2D eigenvalue weighted by atomic mass is 10.1. The van der Waals surface area contributed by atoms with Crippen molar-refractivity contribution in [2.45, 2.75) is 33.6 Å². The number of carbonyl (C=O) groups excluding carboxylic acids is 2. The second-order valence-electron chi connectivity index (χ2n) is 7.10. The Labute approximate surface area is 198 Å². The van der Waals surface area contributed by atoms with Crippen molar-refractivity contribution in [2.24, 2.45) is 0 Å². The molecule has 2 aromatic carbocycles. The summed E-state index contributed by atoms with van der Waals surface area (Å²) in [5, 5.41) is 9.88. The molecule has 2 aromatic rings. The van der Waals surface area contributed by atoms with Crippen LogP contribution in [-0.4, -0.2) is 32.3 Å². The molecule has 0 saturated heterocycles. The van der Waals surface area contributed by atoms with E-state index in [1.807, 2.05) is 32.0 Å². The maximum Gasteiger partial charge on any atom is 0.348 e. The minimum atomic E-state index is -0.708. The fraction of sp³-hybridized carbons (Fsp3) is 0.320. The number of halogens is 1. The molecule has 0 unspecified atom stereocenters.